The Bertz CT molecular complexity index is 1020. The Kier molecular flexibility index (Phi) is 6.07. The number of benzene rings is 2. The summed E-state index contributed by atoms with van der Waals surface area (Å²) in [6, 6.07) is 16.4. The first-order valence-electron chi connectivity index (χ1n) is 9.64. The first-order chi connectivity index (χ1) is 14.8. The first kappa shape index (κ1) is 21.8. The molecule has 0 bridgehead atoms. The van der Waals surface area contributed by atoms with Gasteiger partial charge in [-0.2, -0.15) is 8.42 Å². The zero-order chi connectivity index (χ0) is 22.2. The number of thioether (sulfide) groups is 1. The van der Waals surface area contributed by atoms with E-state index in [4.69, 9.17) is 14.7 Å². The van der Waals surface area contributed by atoms with Gasteiger partial charge in [0, 0.05) is 5.75 Å². The molecule has 2 N–H and O–H groups in total. The molecule has 0 saturated carbocycles. The summed E-state index contributed by atoms with van der Waals surface area (Å²) in [4.78, 5) is 27.1. The Labute approximate surface area is 184 Å². The van der Waals surface area contributed by atoms with Gasteiger partial charge in [-0.05, 0) is 11.1 Å². The van der Waals surface area contributed by atoms with Crippen molar-refractivity contribution in [2.24, 2.45) is 5.73 Å². The predicted molar refractivity (Wildman–Crippen MR) is 115 cm³/mol. The minimum Gasteiger partial charge on any atom is -0.451 e. The normalized spacial score (nSPS) is 25.6. The van der Waals surface area contributed by atoms with Crippen LogP contribution in [0, 0.1) is 0 Å². The van der Waals surface area contributed by atoms with Crippen LogP contribution in [-0.2, 0) is 28.6 Å². The van der Waals surface area contributed by atoms with Gasteiger partial charge in [-0.15, -0.1) is 11.8 Å². The maximum Gasteiger partial charge on any atom is 0.332 e. The largest absolute Gasteiger partial charge is 0.451 e. The van der Waals surface area contributed by atoms with Crippen molar-refractivity contribution in [1.29, 1.82) is 0 Å². The second-order valence-electron chi connectivity index (χ2n) is 7.42. The van der Waals surface area contributed by atoms with Crippen molar-refractivity contribution in [3.63, 3.8) is 0 Å². The van der Waals surface area contributed by atoms with Crippen LogP contribution in [0.5, 0.6) is 0 Å². The number of rotatable bonds is 6. The highest BCUT2D eigenvalue weighted by Gasteiger charge is 2.57. The lowest BCUT2D eigenvalue weighted by molar-refractivity contribution is -0.171. The lowest BCUT2D eigenvalue weighted by Gasteiger charge is -2.52. The molecule has 10 heteroatoms. The summed E-state index contributed by atoms with van der Waals surface area (Å²) in [6.07, 6.45) is -0.883. The number of ether oxygens (including phenoxy) is 1. The third-order valence-corrected chi connectivity index (χ3v) is 7.16. The summed E-state index contributed by atoms with van der Waals surface area (Å²) in [7, 11) is -3.86. The summed E-state index contributed by atoms with van der Waals surface area (Å²) in [5.41, 5.74) is 7.36. The highest BCUT2D eigenvalue weighted by Crippen LogP contribution is 2.40. The molecule has 2 aromatic carbocycles. The molecule has 4 atom stereocenters. The number of carbonyl (C=O) groups excluding carboxylic acids is 2. The molecule has 0 aromatic heterocycles. The molecule has 2 fully saturated rings. The Morgan fingerprint density at radius 1 is 1.10 bits per heavy atom. The molecule has 2 heterocycles. The number of carbonyl (C=O) groups is 2. The van der Waals surface area contributed by atoms with Crippen LogP contribution in [-0.4, -0.2) is 60.8 Å². The van der Waals surface area contributed by atoms with Crippen LogP contribution in [0.25, 0.3) is 0 Å². The molecule has 0 spiro atoms. The smallest absolute Gasteiger partial charge is 0.332 e. The van der Waals surface area contributed by atoms with Crippen molar-refractivity contribution in [2.45, 2.75) is 29.7 Å². The zero-order valence-corrected chi connectivity index (χ0v) is 18.3. The zero-order valence-electron chi connectivity index (χ0n) is 16.7. The second kappa shape index (κ2) is 8.62. The number of nitrogens with two attached hydrogens (primary N) is 1. The highest BCUT2D eigenvalue weighted by atomic mass is 32.2. The van der Waals surface area contributed by atoms with Gasteiger partial charge in [0.05, 0.1) is 6.26 Å². The van der Waals surface area contributed by atoms with E-state index in [1.807, 2.05) is 60.7 Å². The molecule has 31 heavy (non-hydrogen) atoms. The van der Waals surface area contributed by atoms with Crippen molar-refractivity contribution >= 4 is 33.8 Å². The Hall–Kier alpha value is -2.40. The monoisotopic (exact) mass is 462 g/mol. The number of fused-ring (bicyclic) bond motifs is 1. The number of hydrogen-bond donors (Lipinski definition) is 1. The topological polar surface area (TPSA) is 116 Å². The van der Waals surface area contributed by atoms with Crippen molar-refractivity contribution in [3.05, 3.63) is 71.8 Å². The average molecular weight is 463 g/mol. The fraction of sp³-hybridized carbons (Fsp3) is 0.333. The molecule has 2 aromatic rings. The van der Waals surface area contributed by atoms with Gasteiger partial charge >= 0.3 is 5.97 Å². The van der Waals surface area contributed by atoms with Crippen LogP contribution in [0.15, 0.2) is 60.7 Å². The van der Waals surface area contributed by atoms with Gasteiger partial charge in [0.15, 0.2) is 12.1 Å². The van der Waals surface area contributed by atoms with E-state index < -0.39 is 51.7 Å². The SMILES string of the molecule is CS(=O)(=O)OC1CS[C@H]2[C@H](N)C(=O)N2C1C(=O)OC(c1ccccc1)c1ccccc1. The van der Waals surface area contributed by atoms with Crippen LogP contribution in [0.3, 0.4) is 0 Å². The summed E-state index contributed by atoms with van der Waals surface area (Å²) < 4.78 is 34.6. The third kappa shape index (κ3) is 4.47. The quantitative estimate of drug-likeness (QED) is 0.388. The molecule has 0 radical (unpaired) electrons. The number of nitrogens with zero attached hydrogens (tertiary/aromatic N) is 1. The van der Waals surface area contributed by atoms with Crippen LogP contribution in [0.1, 0.15) is 17.2 Å². The molecule has 8 nitrogen and oxygen atoms in total. The molecule has 164 valence electrons. The van der Waals surface area contributed by atoms with E-state index in [-0.39, 0.29) is 5.75 Å². The lowest BCUT2D eigenvalue weighted by Crippen LogP contribution is -2.75. The van der Waals surface area contributed by atoms with Crippen LogP contribution in [0.4, 0.5) is 0 Å². The van der Waals surface area contributed by atoms with Crippen molar-refractivity contribution < 1.29 is 26.9 Å². The van der Waals surface area contributed by atoms with Gasteiger partial charge in [-0.25, -0.2) is 4.79 Å². The molecule has 2 unspecified atom stereocenters. The van der Waals surface area contributed by atoms with Crippen LogP contribution >= 0.6 is 11.8 Å². The first-order valence-corrected chi connectivity index (χ1v) is 12.5. The van der Waals surface area contributed by atoms with E-state index in [2.05, 4.69) is 0 Å². The van der Waals surface area contributed by atoms with Gasteiger partial charge in [-0.3, -0.25) is 8.98 Å². The number of esters is 1. The number of β-lactam (4-membered cyclic amide) rings is 1. The maximum absolute atomic E-state index is 13.4. The molecular formula is C21H22N2O6S2. The second-order valence-corrected chi connectivity index (χ2v) is 10.2. The van der Waals surface area contributed by atoms with Crippen molar-refractivity contribution in [2.75, 3.05) is 12.0 Å². The van der Waals surface area contributed by atoms with E-state index in [1.165, 1.54) is 16.7 Å². The predicted octanol–water partition coefficient (Wildman–Crippen LogP) is 1.28. The third-order valence-electron chi connectivity index (χ3n) is 5.18. The molecule has 2 aliphatic heterocycles. The maximum atomic E-state index is 13.4. The van der Waals surface area contributed by atoms with Gasteiger partial charge in [-0.1, -0.05) is 60.7 Å². The van der Waals surface area contributed by atoms with E-state index in [9.17, 15) is 18.0 Å². The van der Waals surface area contributed by atoms with Crippen LogP contribution in [0.2, 0.25) is 0 Å². The van der Waals surface area contributed by atoms with E-state index >= 15 is 0 Å². The molecule has 1 amide bonds. The number of amides is 1. The molecular weight excluding hydrogens is 440 g/mol. The van der Waals surface area contributed by atoms with E-state index in [0.29, 0.717) is 0 Å². The molecule has 4 rings (SSSR count). The number of hydrogen-bond acceptors (Lipinski definition) is 8. The summed E-state index contributed by atoms with van der Waals surface area (Å²) >= 11 is 1.29. The molecule has 0 aliphatic carbocycles. The van der Waals surface area contributed by atoms with Gasteiger partial charge in [0.25, 0.3) is 10.1 Å². The fourth-order valence-electron chi connectivity index (χ4n) is 3.79. The van der Waals surface area contributed by atoms with Crippen molar-refractivity contribution in [1.82, 2.24) is 4.90 Å². The average Bonchev–Trinajstić information content (AvgIpc) is 2.76. The Balaban J connectivity index is 1.66. The standard InChI is InChI=1S/C21H22N2O6S2/c1-31(26,27)29-15-12-30-20-16(22)19(24)23(20)17(15)21(25)28-18(13-8-4-2-5-9-13)14-10-6-3-7-11-14/h2-11,15-18,20H,12,22H2,1H3/t15?,16-,17?,20+/m1/s1. The molecule has 2 aliphatic rings. The van der Waals surface area contributed by atoms with Gasteiger partial charge < -0.3 is 15.4 Å². The minimum absolute atomic E-state index is 0.191. The van der Waals surface area contributed by atoms with E-state index in [0.717, 1.165) is 17.4 Å². The van der Waals surface area contributed by atoms with Crippen LogP contribution < -0.4 is 5.73 Å². The Morgan fingerprint density at radius 3 is 2.16 bits per heavy atom. The molecule has 2 saturated heterocycles. The van der Waals surface area contributed by atoms with Gasteiger partial charge in [0.2, 0.25) is 5.91 Å². The van der Waals surface area contributed by atoms with Crippen molar-refractivity contribution in [3.8, 4) is 0 Å². The summed E-state index contributed by atoms with van der Waals surface area (Å²) in [5, 5.41) is -0.420. The highest BCUT2D eigenvalue weighted by molar-refractivity contribution is 8.00. The van der Waals surface area contributed by atoms with Gasteiger partial charge in [0.1, 0.15) is 17.5 Å². The fourth-order valence-corrected chi connectivity index (χ4v) is 5.86. The minimum atomic E-state index is -3.86. The van der Waals surface area contributed by atoms with E-state index in [1.54, 1.807) is 0 Å². The summed E-state index contributed by atoms with van der Waals surface area (Å²) in [6.45, 7) is 0. The Morgan fingerprint density at radius 2 is 1.65 bits per heavy atom. The lowest BCUT2D eigenvalue weighted by atomic mass is 9.99. The summed E-state index contributed by atoms with van der Waals surface area (Å²) in [5.74, 6) is -0.981.